The molecule has 1 N–H and O–H groups in total. The van der Waals surface area contributed by atoms with E-state index in [1.54, 1.807) is 25.1 Å². The van der Waals surface area contributed by atoms with E-state index in [1.165, 1.54) is 37.5 Å². The van der Waals surface area contributed by atoms with Gasteiger partial charge < -0.3 is 19.5 Å². The Balaban J connectivity index is 1.89. The van der Waals surface area contributed by atoms with Crippen molar-refractivity contribution in [2.45, 2.75) is 13.8 Å². The van der Waals surface area contributed by atoms with Gasteiger partial charge in [-0.3, -0.25) is 14.9 Å². The number of esters is 1. The third-order valence-electron chi connectivity index (χ3n) is 3.94. The SMILES string of the molecule is CCOc1ccc(/C=C/C(=O)OCC(=O)Nc2ccc([N+](=O)[O-])cc2C)cc1OC. The number of ether oxygens (including phenoxy) is 3. The van der Waals surface area contributed by atoms with Crippen LogP contribution in [0.2, 0.25) is 0 Å². The van der Waals surface area contributed by atoms with Crippen molar-refractivity contribution in [3.63, 3.8) is 0 Å². The van der Waals surface area contributed by atoms with E-state index < -0.39 is 23.4 Å². The van der Waals surface area contributed by atoms with Gasteiger partial charge in [-0.05, 0) is 49.2 Å². The molecule has 9 nitrogen and oxygen atoms in total. The van der Waals surface area contributed by atoms with Gasteiger partial charge >= 0.3 is 5.97 Å². The predicted molar refractivity (Wildman–Crippen MR) is 111 cm³/mol. The standard InChI is InChI=1S/C21H22N2O7/c1-4-29-18-9-5-15(12-19(18)28-3)6-10-21(25)30-13-20(24)22-17-8-7-16(23(26)27)11-14(17)2/h5-12H,4,13H2,1-3H3,(H,22,24)/b10-6+. The topological polar surface area (TPSA) is 117 Å². The van der Waals surface area contributed by atoms with Crippen LogP contribution < -0.4 is 14.8 Å². The van der Waals surface area contributed by atoms with Gasteiger partial charge in [0.1, 0.15) is 0 Å². The molecule has 0 bridgehead atoms. The molecule has 0 fully saturated rings. The van der Waals surface area contributed by atoms with E-state index in [2.05, 4.69) is 5.32 Å². The van der Waals surface area contributed by atoms with Crippen LogP contribution in [0.15, 0.2) is 42.5 Å². The smallest absolute Gasteiger partial charge is 0.331 e. The highest BCUT2D eigenvalue weighted by molar-refractivity contribution is 5.95. The number of rotatable bonds is 9. The molecule has 2 aromatic carbocycles. The number of nitro benzene ring substituents is 1. The fourth-order valence-electron chi connectivity index (χ4n) is 2.50. The number of hydrogen-bond acceptors (Lipinski definition) is 7. The number of hydrogen-bond donors (Lipinski definition) is 1. The Kier molecular flexibility index (Phi) is 7.92. The summed E-state index contributed by atoms with van der Waals surface area (Å²) < 4.78 is 15.6. The Hall–Kier alpha value is -3.88. The summed E-state index contributed by atoms with van der Waals surface area (Å²) in [5, 5.41) is 13.3. The summed E-state index contributed by atoms with van der Waals surface area (Å²) in [6.45, 7) is 3.50. The molecule has 0 spiro atoms. The average molecular weight is 414 g/mol. The summed E-state index contributed by atoms with van der Waals surface area (Å²) in [6.07, 6.45) is 2.72. The number of benzene rings is 2. The first-order valence-electron chi connectivity index (χ1n) is 9.04. The molecule has 0 heterocycles. The van der Waals surface area contributed by atoms with Gasteiger partial charge in [0.15, 0.2) is 18.1 Å². The molecule has 0 aromatic heterocycles. The highest BCUT2D eigenvalue weighted by atomic mass is 16.6. The second-order valence-electron chi connectivity index (χ2n) is 6.09. The zero-order valence-corrected chi connectivity index (χ0v) is 16.8. The van der Waals surface area contributed by atoms with Crippen LogP contribution in [0.3, 0.4) is 0 Å². The molecule has 2 aromatic rings. The van der Waals surface area contributed by atoms with Crippen LogP contribution in [-0.4, -0.2) is 37.1 Å². The fraction of sp³-hybridized carbons (Fsp3) is 0.238. The molecule has 30 heavy (non-hydrogen) atoms. The maximum atomic E-state index is 12.0. The third kappa shape index (κ3) is 6.33. The van der Waals surface area contributed by atoms with Crippen LogP contribution in [0, 0.1) is 17.0 Å². The summed E-state index contributed by atoms with van der Waals surface area (Å²) in [5.74, 6) is -0.127. The number of methoxy groups -OCH3 is 1. The Morgan fingerprint density at radius 2 is 1.93 bits per heavy atom. The lowest BCUT2D eigenvalue weighted by molar-refractivity contribution is -0.384. The van der Waals surface area contributed by atoms with Crippen LogP contribution in [0.4, 0.5) is 11.4 Å². The molecule has 0 atom stereocenters. The van der Waals surface area contributed by atoms with E-state index >= 15 is 0 Å². The van der Waals surface area contributed by atoms with E-state index in [0.29, 0.717) is 34.9 Å². The van der Waals surface area contributed by atoms with Crippen molar-refractivity contribution in [3.05, 3.63) is 63.7 Å². The summed E-state index contributed by atoms with van der Waals surface area (Å²) in [6, 6.07) is 9.23. The third-order valence-corrected chi connectivity index (χ3v) is 3.94. The molecule has 2 rings (SSSR count). The maximum Gasteiger partial charge on any atom is 0.331 e. The molecule has 0 unspecified atom stereocenters. The lowest BCUT2D eigenvalue weighted by atomic mass is 10.2. The Labute approximate surface area is 173 Å². The highest BCUT2D eigenvalue weighted by Crippen LogP contribution is 2.28. The minimum Gasteiger partial charge on any atom is -0.493 e. The first kappa shape index (κ1) is 22.4. The molecule has 0 saturated carbocycles. The number of aryl methyl sites for hydroxylation is 1. The van der Waals surface area contributed by atoms with E-state index in [9.17, 15) is 19.7 Å². The van der Waals surface area contributed by atoms with Gasteiger partial charge in [-0.25, -0.2) is 4.79 Å². The average Bonchev–Trinajstić information content (AvgIpc) is 2.73. The number of carbonyl (C=O) groups excluding carboxylic acids is 2. The number of carbonyl (C=O) groups is 2. The molecule has 9 heteroatoms. The van der Waals surface area contributed by atoms with Crippen LogP contribution in [0.1, 0.15) is 18.1 Å². The van der Waals surface area contributed by atoms with Crippen LogP contribution >= 0.6 is 0 Å². The Bertz CT molecular complexity index is 970. The van der Waals surface area contributed by atoms with Crippen molar-refractivity contribution in [1.29, 1.82) is 0 Å². The van der Waals surface area contributed by atoms with Gasteiger partial charge in [-0.15, -0.1) is 0 Å². The fourth-order valence-corrected chi connectivity index (χ4v) is 2.50. The molecule has 0 aliphatic heterocycles. The molecule has 0 radical (unpaired) electrons. The number of amides is 1. The van der Waals surface area contributed by atoms with E-state index in [1.807, 2.05) is 6.92 Å². The monoisotopic (exact) mass is 414 g/mol. The summed E-state index contributed by atoms with van der Waals surface area (Å²) in [5.41, 5.74) is 1.54. The van der Waals surface area contributed by atoms with Crippen molar-refractivity contribution >= 4 is 29.3 Å². The summed E-state index contributed by atoms with van der Waals surface area (Å²) >= 11 is 0. The first-order valence-corrected chi connectivity index (χ1v) is 9.04. The predicted octanol–water partition coefficient (Wildman–Crippen LogP) is 3.51. The molecular formula is C21H22N2O7. The Morgan fingerprint density at radius 3 is 2.57 bits per heavy atom. The molecule has 0 saturated heterocycles. The van der Waals surface area contributed by atoms with Crippen molar-refractivity contribution in [1.82, 2.24) is 0 Å². The van der Waals surface area contributed by atoms with Gasteiger partial charge in [0.05, 0.1) is 18.6 Å². The minimum atomic E-state index is -0.696. The zero-order chi connectivity index (χ0) is 22.1. The molecule has 0 aliphatic rings. The summed E-state index contributed by atoms with van der Waals surface area (Å²) in [7, 11) is 1.52. The van der Waals surface area contributed by atoms with Crippen molar-refractivity contribution in [3.8, 4) is 11.5 Å². The second kappa shape index (κ2) is 10.6. The zero-order valence-electron chi connectivity index (χ0n) is 16.8. The quantitative estimate of drug-likeness (QED) is 0.289. The molecule has 158 valence electrons. The number of nitro groups is 1. The minimum absolute atomic E-state index is 0.0759. The lowest BCUT2D eigenvalue weighted by Crippen LogP contribution is -2.20. The first-order chi connectivity index (χ1) is 14.3. The molecule has 1 amide bonds. The number of nitrogens with zero attached hydrogens (tertiary/aromatic N) is 1. The number of nitrogens with one attached hydrogen (secondary N) is 1. The lowest BCUT2D eigenvalue weighted by Gasteiger charge is -2.09. The highest BCUT2D eigenvalue weighted by Gasteiger charge is 2.11. The van der Waals surface area contributed by atoms with Crippen molar-refractivity contribution in [2.24, 2.45) is 0 Å². The molecule has 0 aliphatic carbocycles. The van der Waals surface area contributed by atoms with E-state index in [-0.39, 0.29) is 5.69 Å². The summed E-state index contributed by atoms with van der Waals surface area (Å²) in [4.78, 5) is 34.1. The van der Waals surface area contributed by atoms with Crippen LogP contribution in [0.5, 0.6) is 11.5 Å². The normalized spacial score (nSPS) is 10.5. The van der Waals surface area contributed by atoms with Gasteiger partial charge in [0.2, 0.25) is 0 Å². The van der Waals surface area contributed by atoms with E-state index in [0.717, 1.165) is 0 Å². The second-order valence-corrected chi connectivity index (χ2v) is 6.09. The number of non-ortho nitro benzene ring substituents is 1. The largest absolute Gasteiger partial charge is 0.493 e. The number of anilines is 1. The van der Waals surface area contributed by atoms with Gasteiger partial charge in [0.25, 0.3) is 11.6 Å². The van der Waals surface area contributed by atoms with Gasteiger partial charge in [-0.2, -0.15) is 0 Å². The Morgan fingerprint density at radius 1 is 1.17 bits per heavy atom. The van der Waals surface area contributed by atoms with Crippen molar-refractivity contribution in [2.75, 3.05) is 25.6 Å². The van der Waals surface area contributed by atoms with E-state index in [4.69, 9.17) is 14.2 Å². The van der Waals surface area contributed by atoms with Crippen LogP contribution in [0.25, 0.3) is 6.08 Å². The van der Waals surface area contributed by atoms with Crippen molar-refractivity contribution < 1.29 is 28.7 Å². The van der Waals surface area contributed by atoms with Gasteiger partial charge in [-0.1, -0.05) is 6.07 Å². The maximum absolute atomic E-state index is 12.0. The van der Waals surface area contributed by atoms with Gasteiger partial charge in [0, 0.05) is 23.9 Å². The molecular weight excluding hydrogens is 392 g/mol. The van der Waals surface area contributed by atoms with Crippen LogP contribution in [-0.2, 0) is 14.3 Å².